The molecule has 0 saturated carbocycles. The van der Waals surface area contributed by atoms with Crippen LogP contribution < -0.4 is 5.73 Å². The van der Waals surface area contributed by atoms with Crippen LogP contribution in [0.5, 0.6) is 0 Å². The van der Waals surface area contributed by atoms with E-state index in [0.717, 1.165) is 38.6 Å². The van der Waals surface area contributed by atoms with E-state index in [1.165, 1.54) is 6.42 Å². The fourth-order valence-electron chi connectivity index (χ4n) is 2.80. The molecule has 1 aliphatic heterocycles. The van der Waals surface area contributed by atoms with E-state index in [-0.39, 0.29) is 24.0 Å². The topological polar surface area (TPSA) is 66.6 Å². The molecule has 4 nitrogen and oxygen atoms in total. The van der Waals surface area contributed by atoms with Crippen LogP contribution in [0.3, 0.4) is 0 Å². The lowest BCUT2D eigenvalue weighted by Crippen LogP contribution is -2.42. The van der Waals surface area contributed by atoms with Crippen LogP contribution in [0, 0.1) is 5.41 Å². The first-order chi connectivity index (χ1) is 9.00. The largest absolute Gasteiger partial charge is 0.394 e. The molecule has 1 unspecified atom stereocenters. The summed E-state index contributed by atoms with van der Waals surface area (Å²) in [7, 11) is 0. The van der Waals surface area contributed by atoms with E-state index < -0.39 is 0 Å². The summed E-state index contributed by atoms with van der Waals surface area (Å²) in [6.45, 7) is 5.90. The van der Waals surface area contributed by atoms with Gasteiger partial charge in [-0.2, -0.15) is 0 Å². The van der Waals surface area contributed by atoms with Crippen molar-refractivity contribution in [3.8, 4) is 0 Å². The monoisotopic (exact) mass is 270 g/mol. The Morgan fingerprint density at radius 1 is 1.32 bits per heavy atom. The van der Waals surface area contributed by atoms with Crippen LogP contribution in [-0.2, 0) is 4.79 Å². The maximum absolute atomic E-state index is 12.4. The number of likely N-dealkylation sites (tertiary alicyclic amines) is 1. The summed E-state index contributed by atoms with van der Waals surface area (Å²) in [6, 6.07) is 0.0348. The highest BCUT2D eigenvalue weighted by atomic mass is 16.3. The lowest BCUT2D eigenvalue weighted by molar-refractivity contribution is -0.135. The second-order valence-electron chi connectivity index (χ2n) is 6.48. The van der Waals surface area contributed by atoms with Crippen LogP contribution in [0.15, 0.2) is 0 Å². The van der Waals surface area contributed by atoms with Crippen LogP contribution >= 0.6 is 0 Å². The molecule has 3 N–H and O–H groups in total. The number of carbonyl (C=O) groups is 1. The molecule has 1 fully saturated rings. The van der Waals surface area contributed by atoms with Gasteiger partial charge in [0.25, 0.3) is 0 Å². The molecule has 0 aromatic rings. The molecule has 0 spiro atoms. The quantitative estimate of drug-likeness (QED) is 0.774. The Kier molecular flexibility index (Phi) is 6.80. The smallest absolute Gasteiger partial charge is 0.222 e. The van der Waals surface area contributed by atoms with Gasteiger partial charge in [0.15, 0.2) is 0 Å². The van der Waals surface area contributed by atoms with Crippen molar-refractivity contribution in [3.63, 3.8) is 0 Å². The molecular weight excluding hydrogens is 240 g/mol. The van der Waals surface area contributed by atoms with Gasteiger partial charge in [0.2, 0.25) is 5.91 Å². The average molecular weight is 270 g/mol. The van der Waals surface area contributed by atoms with Crippen molar-refractivity contribution in [1.82, 2.24) is 4.90 Å². The lowest BCUT2D eigenvalue weighted by atomic mass is 9.84. The number of nitrogens with two attached hydrogens (primary N) is 1. The van der Waals surface area contributed by atoms with Crippen molar-refractivity contribution >= 4 is 5.91 Å². The number of amides is 1. The van der Waals surface area contributed by atoms with E-state index in [1.54, 1.807) is 0 Å². The summed E-state index contributed by atoms with van der Waals surface area (Å²) >= 11 is 0. The summed E-state index contributed by atoms with van der Waals surface area (Å²) in [5, 5.41) is 9.44. The normalized spacial score (nSPS) is 21.3. The zero-order chi connectivity index (χ0) is 14.3. The summed E-state index contributed by atoms with van der Waals surface area (Å²) in [6.07, 6.45) is 6.68. The molecule has 0 aliphatic carbocycles. The highest BCUT2D eigenvalue weighted by molar-refractivity contribution is 5.76. The van der Waals surface area contributed by atoms with Crippen LogP contribution in [0.2, 0.25) is 0 Å². The van der Waals surface area contributed by atoms with Gasteiger partial charge in [-0.1, -0.05) is 26.7 Å². The van der Waals surface area contributed by atoms with Gasteiger partial charge < -0.3 is 15.7 Å². The summed E-state index contributed by atoms with van der Waals surface area (Å²) in [5.41, 5.74) is 5.73. The summed E-state index contributed by atoms with van der Waals surface area (Å²) < 4.78 is 0. The first kappa shape index (κ1) is 16.4. The third kappa shape index (κ3) is 5.49. The third-order valence-electron chi connectivity index (χ3n) is 4.24. The van der Waals surface area contributed by atoms with Gasteiger partial charge in [0, 0.05) is 13.0 Å². The maximum atomic E-state index is 12.4. The summed E-state index contributed by atoms with van der Waals surface area (Å²) in [5.74, 6) is 0.200. The fourth-order valence-corrected chi connectivity index (χ4v) is 2.80. The number of aliphatic hydroxyl groups excluding tert-OH is 1. The van der Waals surface area contributed by atoms with E-state index >= 15 is 0 Å². The van der Waals surface area contributed by atoms with Crippen molar-refractivity contribution in [1.29, 1.82) is 0 Å². The first-order valence-corrected chi connectivity index (χ1v) is 7.60. The van der Waals surface area contributed by atoms with Gasteiger partial charge in [0.05, 0.1) is 12.6 Å². The van der Waals surface area contributed by atoms with Crippen molar-refractivity contribution in [2.75, 3.05) is 19.7 Å². The zero-order valence-corrected chi connectivity index (χ0v) is 12.5. The van der Waals surface area contributed by atoms with Crippen molar-refractivity contribution in [2.45, 2.75) is 64.8 Å². The fraction of sp³-hybridized carbons (Fsp3) is 0.933. The molecule has 1 atom stereocenters. The van der Waals surface area contributed by atoms with Gasteiger partial charge in [-0.05, 0) is 37.6 Å². The first-order valence-electron chi connectivity index (χ1n) is 7.60. The standard InChI is InChI=1S/C15H30N2O2/c1-15(2,9-10-16)8-7-14(19)17-11-5-3-4-6-13(17)12-18/h13,18H,3-12,16H2,1-2H3. The molecular formula is C15H30N2O2. The van der Waals surface area contributed by atoms with Crippen LogP contribution in [0.4, 0.5) is 0 Å². The average Bonchev–Trinajstić information content (AvgIpc) is 2.61. The molecule has 4 heteroatoms. The van der Waals surface area contributed by atoms with Gasteiger partial charge in [-0.3, -0.25) is 4.79 Å². The Labute approximate surface area is 117 Å². The molecule has 1 saturated heterocycles. The number of carbonyl (C=O) groups excluding carboxylic acids is 1. The molecule has 0 aromatic heterocycles. The molecule has 1 aliphatic rings. The Morgan fingerprint density at radius 3 is 2.68 bits per heavy atom. The molecule has 112 valence electrons. The van der Waals surface area contributed by atoms with E-state index in [2.05, 4.69) is 13.8 Å². The SMILES string of the molecule is CC(C)(CCN)CCC(=O)N1CCCCCC1CO. The highest BCUT2D eigenvalue weighted by Crippen LogP contribution is 2.27. The van der Waals surface area contributed by atoms with Gasteiger partial charge in [-0.15, -0.1) is 0 Å². The molecule has 1 amide bonds. The van der Waals surface area contributed by atoms with E-state index in [1.807, 2.05) is 4.90 Å². The minimum atomic E-state index is 0.0348. The highest BCUT2D eigenvalue weighted by Gasteiger charge is 2.26. The van der Waals surface area contributed by atoms with Gasteiger partial charge in [-0.25, -0.2) is 0 Å². The molecule has 0 aromatic carbocycles. The van der Waals surface area contributed by atoms with E-state index in [4.69, 9.17) is 5.73 Å². The predicted octanol–water partition coefficient (Wildman–Crippen LogP) is 1.91. The van der Waals surface area contributed by atoms with E-state index in [0.29, 0.717) is 13.0 Å². The Balaban J connectivity index is 2.50. The molecule has 0 radical (unpaired) electrons. The van der Waals surface area contributed by atoms with Crippen LogP contribution in [-0.4, -0.2) is 41.7 Å². The van der Waals surface area contributed by atoms with Gasteiger partial charge in [0.1, 0.15) is 0 Å². The lowest BCUT2D eigenvalue weighted by Gasteiger charge is -2.30. The third-order valence-corrected chi connectivity index (χ3v) is 4.24. The van der Waals surface area contributed by atoms with Crippen molar-refractivity contribution in [2.24, 2.45) is 11.1 Å². The number of hydrogen-bond donors (Lipinski definition) is 2. The van der Waals surface area contributed by atoms with Crippen LogP contribution in [0.25, 0.3) is 0 Å². The number of rotatable bonds is 6. The van der Waals surface area contributed by atoms with E-state index in [9.17, 15) is 9.90 Å². The molecule has 1 rings (SSSR count). The predicted molar refractivity (Wildman–Crippen MR) is 77.7 cm³/mol. The van der Waals surface area contributed by atoms with Crippen molar-refractivity contribution in [3.05, 3.63) is 0 Å². The Bertz CT molecular complexity index is 279. The van der Waals surface area contributed by atoms with Gasteiger partial charge >= 0.3 is 0 Å². The number of aliphatic hydroxyl groups is 1. The summed E-state index contributed by atoms with van der Waals surface area (Å²) in [4.78, 5) is 14.3. The number of nitrogens with zero attached hydrogens (tertiary/aromatic N) is 1. The minimum absolute atomic E-state index is 0.0348. The number of hydrogen-bond acceptors (Lipinski definition) is 3. The zero-order valence-electron chi connectivity index (χ0n) is 12.5. The van der Waals surface area contributed by atoms with Crippen LogP contribution in [0.1, 0.15) is 58.8 Å². The molecule has 0 bridgehead atoms. The molecule has 19 heavy (non-hydrogen) atoms. The second-order valence-corrected chi connectivity index (χ2v) is 6.48. The second kappa shape index (κ2) is 7.85. The Morgan fingerprint density at radius 2 is 2.05 bits per heavy atom. The maximum Gasteiger partial charge on any atom is 0.222 e. The Hall–Kier alpha value is -0.610. The molecule has 1 heterocycles. The van der Waals surface area contributed by atoms with Crippen molar-refractivity contribution < 1.29 is 9.90 Å². The minimum Gasteiger partial charge on any atom is -0.394 e.